The summed E-state index contributed by atoms with van der Waals surface area (Å²) < 4.78 is 9.14. The Morgan fingerprint density at radius 1 is 0.548 bits per heavy atom. The molecule has 1 aliphatic heterocycles. The Kier molecular flexibility index (Phi) is 33.7. The van der Waals surface area contributed by atoms with Crippen LogP contribution >= 0.6 is 0 Å². The number of benzene rings is 1. The molecule has 514 valence electrons. The van der Waals surface area contributed by atoms with Gasteiger partial charge in [0.05, 0.1) is 38.9 Å². The fourth-order valence-electron chi connectivity index (χ4n) is 9.72. The molecule has 0 spiro atoms. The SMILES string of the molecule is O=C(O)CCC(NC(=O)NC(CCCCNC(=O)CCCCCN(Cc1ccc(OCc2cn(CCCNC(=O)CN3CCN(CC(=O)O)CCN(CC(=O)O)CCN(CC(=O)O)CC3)nn2)cc1)Cc1nccn1CC(=O)N(CC(=O)O)CC(=O)O)C(=O)O)C(=O)O. The van der Waals surface area contributed by atoms with Crippen LogP contribution < -0.4 is 26.0 Å². The third-order valence-corrected chi connectivity index (χ3v) is 14.5. The number of aryl methyl sites for hydroxylation is 1. The number of rotatable bonds is 43. The van der Waals surface area contributed by atoms with Crippen LogP contribution in [0.3, 0.4) is 0 Å². The minimum absolute atomic E-state index is 0.0283. The highest BCUT2D eigenvalue weighted by atomic mass is 16.5. The molecule has 4 rings (SSSR count). The van der Waals surface area contributed by atoms with Crippen molar-refractivity contribution in [2.45, 2.75) is 109 Å². The van der Waals surface area contributed by atoms with Gasteiger partial charge in [-0.05, 0) is 69.2 Å². The van der Waals surface area contributed by atoms with Gasteiger partial charge in [-0.3, -0.25) is 72.3 Å². The summed E-state index contributed by atoms with van der Waals surface area (Å²) in [5.74, 6) is -10.4. The Balaban J connectivity index is 1.27. The molecule has 36 nitrogen and oxygen atoms in total. The molecule has 93 heavy (non-hydrogen) atoms. The Bertz CT molecular complexity index is 2900. The van der Waals surface area contributed by atoms with E-state index in [1.807, 2.05) is 17.0 Å². The van der Waals surface area contributed by atoms with Gasteiger partial charge >= 0.3 is 53.8 Å². The number of unbranched alkanes of at least 4 members (excludes halogenated alkanes) is 3. The number of urea groups is 1. The minimum atomic E-state index is -1.55. The van der Waals surface area contributed by atoms with Crippen molar-refractivity contribution in [1.29, 1.82) is 0 Å². The number of amides is 5. The number of hydrogen-bond donors (Lipinski definition) is 12. The number of aromatic nitrogens is 5. The van der Waals surface area contributed by atoms with Gasteiger partial charge in [0, 0.05) is 104 Å². The monoisotopic (exact) mass is 1320 g/mol. The summed E-state index contributed by atoms with van der Waals surface area (Å²) in [6.07, 6.45) is 6.79. The van der Waals surface area contributed by atoms with E-state index in [2.05, 4.69) is 41.5 Å². The second kappa shape index (κ2) is 41.2. The first-order valence-corrected chi connectivity index (χ1v) is 30.2. The maximum atomic E-state index is 13.2. The molecule has 3 heterocycles. The van der Waals surface area contributed by atoms with E-state index in [4.69, 9.17) is 9.84 Å². The molecule has 5 amide bonds. The van der Waals surface area contributed by atoms with Gasteiger partial charge in [0.25, 0.3) is 0 Å². The molecule has 1 saturated heterocycles. The van der Waals surface area contributed by atoms with Gasteiger partial charge in [-0.1, -0.05) is 23.8 Å². The number of carboxylic acids is 8. The lowest BCUT2D eigenvalue weighted by atomic mass is 10.1. The summed E-state index contributed by atoms with van der Waals surface area (Å²) in [6, 6.07) is 3.27. The highest BCUT2D eigenvalue weighted by molar-refractivity contribution is 5.87. The maximum Gasteiger partial charge on any atom is 0.326 e. The molecule has 1 aromatic carbocycles. The number of nitrogens with zero attached hydrogens (tertiary/aromatic N) is 11. The lowest BCUT2D eigenvalue weighted by Gasteiger charge is -2.32. The first kappa shape index (κ1) is 76.1. The van der Waals surface area contributed by atoms with Gasteiger partial charge in [0.15, 0.2) is 0 Å². The van der Waals surface area contributed by atoms with Crippen molar-refractivity contribution in [3.63, 3.8) is 0 Å². The zero-order chi connectivity index (χ0) is 68.2. The average molecular weight is 1320 g/mol. The van der Waals surface area contributed by atoms with Crippen LogP contribution in [0.5, 0.6) is 5.75 Å². The standard InChI is InChI=1S/C57H85N15O21/c73-46(59-15-4-3-7-43(55(88)89)61-57(92)62-44(56(90)91)13-14-49(76)77)8-2-1-5-18-69(31-45-58-17-20-70(45)33-48(75)71(37-53(84)85)38-54(86)87)29-40-9-11-42(12-10-40)93-39-41-30-72(64-63-41)19-6-16-60-47(74)32-65-21-23-66(34-50(78)79)25-27-68(36-52(82)83)28-26-67(24-22-65)35-51(80)81/h9-12,17,20,30,43-44H,1-8,13-16,18-19,21-29,31-39H2,(H,59,73)(H,60,74)(H,76,77)(H,78,79)(H,80,81)(H,82,83)(H,84,85)(H,86,87)(H,88,89)(H,90,91)(H2,61,62,92). The molecule has 1 aliphatic rings. The summed E-state index contributed by atoms with van der Waals surface area (Å²) in [4.78, 5) is 157. The zero-order valence-corrected chi connectivity index (χ0v) is 51.6. The van der Waals surface area contributed by atoms with Crippen LogP contribution in [-0.2, 0) is 85.5 Å². The van der Waals surface area contributed by atoms with Crippen LogP contribution in [0, 0.1) is 0 Å². The van der Waals surface area contributed by atoms with Gasteiger partial charge in [0.2, 0.25) is 17.7 Å². The minimum Gasteiger partial charge on any atom is -0.487 e. The van der Waals surface area contributed by atoms with E-state index in [9.17, 15) is 93.3 Å². The summed E-state index contributed by atoms with van der Waals surface area (Å²) >= 11 is 0. The number of imidazole rings is 1. The van der Waals surface area contributed by atoms with Crippen molar-refractivity contribution in [2.75, 3.05) is 111 Å². The van der Waals surface area contributed by atoms with Crippen molar-refractivity contribution >= 4 is 71.5 Å². The number of ether oxygens (including phenoxy) is 1. The van der Waals surface area contributed by atoms with Crippen LogP contribution in [0.4, 0.5) is 4.79 Å². The first-order valence-electron chi connectivity index (χ1n) is 30.2. The van der Waals surface area contributed by atoms with Gasteiger partial charge in [-0.15, -0.1) is 5.10 Å². The van der Waals surface area contributed by atoms with Crippen molar-refractivity contribution in [3.05, 3.63) is 59.9 Å². The molecule has 2 unspecified atom stereocenters. The van der Waals surface area contributed by atoms with Crippen LogP contribution in [-0.4, -0.2) is 290 Å². The fourth-order valence-corrected chi connectivity index (χ4v) is 9.72. The van der Waals surface area contributed by atoms with Gasteiger partial charge in [0.1, 0.15) is 55.6 Å². The highest BCUT2D eigenvalue weighted by Gasteiger charge is 2.27. The summed E-state index contributed by atoms with van der Waals surface area (Å²) in [7, 11) is 0. The normalized spacial score (nSPS) is 14.3. The van der Waals surface area contributed by atoms with Crippen LogP contribution in [0.1, 0.15) is 81.3 Å². The van der Waals surface area contributed by atoms with E-state index in [0.29, 0.717) is 93.5 Å². The molecule has 0 saturated carbocycles. The Morgan fingerprint density at radius 2 is 1.09 bits per heavy atom. The number of nitrogens with one attached hydrogen (secondary N) is 4. The highest BCUT2D eigenvalue weighted by Crippen LogP contribution is 2.18. The molecule has 1 fully saturated rings. The third kappa shape index (κ3) is 32.5. The summed E-state index contributed by atoms with van der Waals surface area (Å²) in [6.45, 7) is 1.35. The van der Waals surface area contributed by atoms with Gasteiger partial charge in [-0.2, -0.15) is 0 Å². The predicted molar refractivity (Wildman–Crippen MR) is 322 cm³/mol. The molecule has 0 radical (unpaired) electrons. The van der Waals surface area contributed by atoms with Crippen molar-refractivity contribution in [3.8, 4) is 5.75 Å². The number of carboxylic acid groups (broad SMARTS) is 8. The summed E-state index contributed by atoms with van der Waals surface area (Å²) in [5, 5.41) is 93.1. The molecule has 0 aliphatic carbocycles. The van der Waals surface area contributed by atoms with Crippen molar-refractivity contribution in [2.24, 2.45) is 0 Å². The fraction of sp³-hybridized carbons (Fsp3) is 0.596. The van der Waals surface area contributed by atoms with Gasteiger partial charge < -0.3 is 76.3 Å². The van der Waals surface area contributed by atoms with Crippen LogP contribution in [0.25, 0.3) is 0 Å². The topological polar surface area (TPSA) is 492 Å². The second-order valence-corrected chi connectivity index (χ2v) is 22.1. The van der Waals surface area contributed by atoms with E-state index < -0.39 is 97.7 Å². The van der Waals surface area contributed by atoms with E-state index >= 15 is 0 Å². The van der Waals surface area contributed by atoms with Crippen molar-refractivity contribution < 1.29 is 103 Å². The van der Waals surface area contributed by atoms with E-state index in [1.165, 1.54) is 17.0 Å². The Labute approximate surface area is 534 Å². The quantitative estimate of drug-likeness (QED) is 0.0271. The lowest BCUT2D eigenvalue weighted by Crippen LogP contribution is -2.51. The van der Waals surface area contributed by atoms with E-state index in [1.54, 1.807) is 37.7 Å². The molecular weight excluding hydrogens is 1230 g/mol. The molecule has 0 bridgehead atoms. The number of carbonyl (C=O) groups excluding carboxylic acids is 4. The predicted octanol–water partition coefficient (Wildman–Crippen LogP) is -2.05. The van der Waals surface area contributed by atoms with Crippen LogP contribution in [0.2, 0.25) is 0 Å². The van der Waals surface area contributed by atoms with Crippen LogP contribution in [0.15, 0.2) is 42.9 Å². The molecule has 3 aromatic rings. The van der Waals surface area contributed by atoms with Crippen molar-refractivity contribution in [1.82, 2.24) is 75.2 Å². The molecule has 2 aromatic heterocycles. The largest absolute Gasteiger partial charge is 0.487 e. The maximum absolute atomic E-state index is 13.2. The van der Waals surface area contributed by atoms with E-state index in [-0.39, 0.29) is 123 Å². The number of hydrogen-bond acceptors (Lipinski definition) is 21. The number of carbonyl (C=O) groups is 12. The zero-order valence-electron chi connectivity index (χ0n) is 51.6. The third-order valence-electron chi connectivity index (χ3n) is 14.5. The Morgan fingerprint density at radius 3 is 1.62 bits per heavy atom. The molecule has 12 N–H and O–H groups in total. The van der Waals surface area contributed by atoms with Gasteiger partial charge in [-0.25, -0.2) is 19.4 Å². The summed E-state index contributed by atoms with van der Waals surface area (Å²) in [5.41, 5.74) is 1.40. The molecule has 2 atom stereocenters. The smallest absolute Gasteiger partial charge is 0.326 e. The Hall–Kier alpha value is -9.39. The first-order chi connectivity index (χ1) is 44.3. The lowest BCUT2D eigenvalue weighted by molar-refractivity contribution is -0.149. The molecule has 36 heteroatoms. The van der Waals surface area contributed by atoms with E-state index in [0.717, 1.165) is 5.56 Å². The molecular formula is C57H85N15O21. The number of aliphatic carboxylic acids is 8. The second-order valence-electron chi connectivity index (χ2n) is 22.1. The average Bonchev–Trinajstić information content (AvgIpc) is 2.07.